The van der Waals surface area contributed by atoms with Crippen LogP contribution in [0, 0.1) is 0 Å². The lowest BCUT2D eigenvalue weighted by Crippen LogP contribution is -1.97. The van der Waals surface area contributed by atoms with Crippen LogP contribution in [0.3, 0.4) is 0 Å². The fourth-order valence-corrected chi connectivity index (χ4v) is 2.44. The first kappa shape index (κ1) is 12.3. The molecule has 5 heteroatoms. The number of carbonyl (C=O) groups is 1. The van der Waals surface area contributed by atoms with Crippen molar-refractivity contribution in [1.82, 2.24) is 0 Å². The predicted molar refractivity (Wildman–Crippen MR) is 69.4 cm³/mol. The number of rotatable bonds is 4. The summed E-state index contributed by atoms with van der Waals surface area (Å²) in [4.78, 5) is 11.9. The zero-order chi connectivity index (χ0) is 12.3. The molecule has 0 saturated heterocycles. The molecule has 0 saturated carbocycles. The third kappa shape index (κ3) is 3.14. The quantitative estimate of drug-likeness (QED) is 0.866. The maximum Gasteiger partial charge on any atom is 0.339 e. The number of thioether (sulfide) groups is 1. The van der Waals surface area contributed by atoms with E-state index in [0.717, 1.165) is 9.37 Å². The summed E-state index contributed by atoms with van der Waals surface area (Å²) in [5.41, 5.74) is 0.231. The lowest BCUT2D eigenvalue weighted by molar-refractivity contribution is 0.0695. The Bertz CT molecular complexity index is 519. The molecule has 0 aliphatic rings. The predicted octanol–water partition coefficient (Wildman–Crippen LogP) is 4.03. The van der Waals surface area contributed by atoms with Crippen molar-refractivity contribution in [3.63, 3.8) is 0 Å². The second kappa shape index (κ2) is 5.42. The van der Waals surface area contributed by atoms with Gasteiger partial charge in [-0.15, -0.1) is 11.8 Å². The Labute approximate surface area is 111 Å². The summed E-state index contributed by atoms with van der Waals surface area (Å²) in [6, 6.07) is 9.31. The molecule has 1 aromatic carbocycles. The van der Waals surface area contributed by atoms with Crippen molar-refractivity contribution in [2.75, 3.05) is 0 Å². The molecule has 0 aliphatic heterocycles. The zero-order valence-electron chi connectivity index (χ0n) is 8.72. The average molecular weight is 313 g/mol. The van der Waals surface area contributed by atoms with Crippen LogP contribution in [-0.4, -0.2) is 11.1 Å². The number of furan rings is 1. The Morgan fingerprint density at radius 2 is 2.00 bits per heavy atom. The number of hydrogen-bond donors (Lipinski definition) is 1. The van der Waals surface area contributed by atoms with E-state index in [4.69, 9.17) is 9.52 Å². The van der Waals surface area contributed by atoms with Gasteiger partial charge in [0.15, 0.2) is 0 Å². The van der Waals surface area contributed by atoms with Gasteiger partial charge in [0, 0.05) is 9.37 Å². The SMILES string of the molecule is O=C(O)c1ccoc1CSc1ccc(Br)cc1. The summed E-state index contributed by atoms with van der Waals surface area (Å²) in [6.07, 6.45) is 1.40. The Morgan fingerprint density at radius 3 is 2.65 bits per heavy atom. The number of hydrogen-bond acceptors (Lipinski definition) is 3. The standard InChI is InChI=1S/C12H9BrO3S/c13-8-1-3-9(4-2-8)17-7-11-10(12(14)15)5-6-16-11/h1-6H,7H2,(H,14,15). The third-order valence-corrected chi connectivity index (χ3v) is 3.70. The van der Waals surface area contributed by atoms with Gasteiger partial charge in [-0.3, -0.25) is 0 Å². The van der Waals surface area contributed by atoms with E-state index in [1.807, 2.05) is 24.3 Å². The molecule has 0 fully saturated rings. The topological polar surface area (TPSA) is 50.4 Å². The minimum absolute atomic E-state index is 0.231. The number of benzene rings is 1. The fourth-order valence-electron chi connectivity index (χ4n) is 1.32. The molecule has 0 bridgehead atoms. The Balaban J connectivity index is 2.05. The maximum absolute atomic E-state index is 10.9. The van der Waals surface area contributed by atoms with Gasteiger partial charge in [-0.1, -0.05) is 15.9 Å². The maximum atomic E-state index is 10.9. The minimum Gasteiger partial charge on any atom is -0.478 e. The van der Waals surface area contributed by atoms with Crippen molar-refractivity contribution < 1.29 is 14.3 Å². The molecule has 88 valence electrons. The van der Waals surface area contributed by atoms with Crippen molar-refractivity contribution >= 4 is 33.7 Å². The fraction of sp³-hybridized carbons (Fsp3) is 0.0833. The first-order valence-corrected chi connectivity index (χ1v) is 6.62. The first-order valence-electron chi connectivity index (χ1n) is 4.85. The molecule has 2 rings (SSSR count). The highest BCUT2D eigenvalue weighted by Gasteiger charge is 2.13. The van der Waals surface area contributed by atoms with Crippen molar-refractivity contribution in [3.05, 3.63) is 52.4 Å². The van der Waals surface area contributed by atoms with Gasteiger partial charge in [-0.25, -0.2) is 4.79 Å². The van der Waals surface area contributed by atoms with Crippen LogP contribution in [0.15, 0.2) is 50.4 Å². The van der Waals surface area contributed by atoms with Crippen molar-refractivity contribution in [3.8, 4) is 0 Å². The Hall–Kier alpha value is -1.20. The Kier molecular flexibility index (Phi) is 3.91. The molecular formula is C12H9BrO3S. The van der Waals surface area contributed by atoms with Crippen LogP contribution in [0.25, 0.3) is 0 Å². The molecule has 1 heterocycles. The average Bonchev–Trinajstić information content (AvgIpc) is 2.76. The molecule has 0 amide bonds. The summed E-state index contributed by atoms with van der Waals surface area (Å²) in [7, 11) is 0. The van der Waals surface area contributed by atoms with Gasteiger partial charge in [-0.2, -0.15) is 0 Å². The molecule has 0 spiro atoms. The van der Waals surface area contributed by atoms with Crippen LogP contribution in [-0.2, 0) is 5.75 Å². The summed E-state index contributed by atoms with van der Waals surface area (Å²) in [5.74, 6) is 0.0478. The molecule has 17 heavy (non-hydrogen) atoms. The lowest BCUT2D eigenvalue weighted by atomic mass is 10.3. The molecule has 0 unspecified atom stereocenters. The first-order chi connectivity index (χ1) is 8.16. The summed E-state index contributed by atoms with van der Waals surface area (Å²) < 4.78 is 6.18. The summed E-state index contributed by atoms with van der Waals surface area (Å²) >= 11 is 4.90. The van der Waals surface area contributed by atoms with E-state index in [-0.39, 0.29) is 5.56 Å². The van der Waals surface area contributed by atoms with E-state index in [2.05, 4.69) is 15.9 Å². The smallest absolute Gasteiger partial charge is 0.339 e. The highest BCUT2D eigenvalue weighted by Crippen LogP contribution is 2.26. The van der Waals surface area contributed by atoms with E-state index in [1.54, 1.807) is 11.8 Å². The zero-order valence-corrected chi connectivity index (χ0v) is 11.1. The van der Waals surface area contributed by atoms with Crippen LogP contribution >= 0.6 is 27.7 Å². The third-order valence-electron chi connectivity index (χ3n) is 2.16. The van der Waals surface area contributed by atoms with E-state index >= 15 is 0 Å². The highest BCUT2D eigenvalue weighted by molar-refractivity contribution is 9.10. The van der Waals surface area contributed by atoms with Crippen LogP contribution in [0.2, 0.25) is 0 Å². The largest absolute Gasteiger partial charge is 0.478 e. The van der Waals surface area contributed by atoms with Crippen molar-refractivity contribution in [2.45, 2.75) is 10.6 Å². The second-order valence-electron chi connectivity index (χ2n) is 3.31. The van der Waals surface area contributed by atoms with Crippen LogP contribution < -0.4 is 0 Å². The molecule has 1 N–H and O–H groups in total. The normalized spacial score (nSPS) is 10.4. The molecule has 1 aromatic heterocycles. The van der Waals surface area contributed by atoms with Gasteiger partial charge in [0.05, 0.1) is 12.0 Å². The van der Waals surface area contributed by atoms with Crippen molar-refractivity contribution in [2.24, 2.45) is 0 Å². The van der Waals surface area contributed by atoms with E-state index in [0.29, 0.717) is 11.5 Å². The van der Waals surface area contributed by atoms with Crippen molar-refractivity contribution in [1.29, 1.82) is 0 Å². The van der Waals surface area contributed by atoms with Crippen LogP contribution in [0.4, 0.5) is 0 Å². The summed E-state index contributed by atoms with van der Waals surface area (Å²) in [6.45, 7) is 0. The molecule has 0 aliphatic carbocycles. The monoisotopic (exact) mass is 312 g/mol. The van der Waals surface area contributed by atoms with Gasteiger partial charge < -0.3 is 9.52 Å². The van der Waals surface area contributed by atoms with Gasteiger partial charge in [0.25, 0.3) is 0 Å². The minimum atomic E-state index is -0.954. The molecule has 3 nitrogen and oxygen atoms in total. The molecule has 0 atom stereocenters. The second-order valence-corrected chi connectivity index (χ2v) is 5.27. The van der Waals surface area contributed by atoms with E-state index in [1.165, 1.54) is 12.3 Å². The van der Waals surface area contributed by atoms with Gasteiger partial charge in [0.2, 0.25) is 0 Å². The molecule has 0 radical (unpaired) electrons. The molecule has 2 aromatic rings. The number of carboxylic acid groups (broad SMARTS) is 1. The lowest BCUT2D eigenvalue weighted by Gasteiger charge is -2.00. The van der Waals surface area contributed by atoms with Crippen LogP contribution in [0.5, 0.6) is 0 Å². The summed E-state index contributed by atoms with van der Waals surface area (Å²) in [5, 5.41) is 8.91. The number of aromatic carboxylic acids is 1. The van der Waals surface area contributed by atoms with Gasteiger partial charge >= 0.3 is 5.97 Å². The van der Waals surface area contributed by atoms with Crippen LogP contribution in [0.1, 0.15) is 16.1 Å². The number of carboxylic acids is 1. The highest BCUT2D eigenvalue weighted by atomic mass is 79.9. The van der Waals surface area contributed by atoms with E-state index in [9.17, 15) is 4.79 Å². The van der Waals surface area contributed by atoms with Gasteiger partial charge in [-0.05, 0) is 30.3 Å². The Morgan fingerprint density at radius 1 is 1.29 bits per heavy atom. The molecular weight excluding hydrogens is 304 g/mol. The van der Waals surface area contributed by atoms with E-state index < -0.39 is 5.97 Å². The van der Waals surface area contributed by atoms with Gasteiger partial charge in [0.1, 0.15) is 11.3 Å². The number of halogens is 1.